The molecule has 2 N–H and O–H groups in total. The Balaban J connectivity index is 2.20. The van der Waals surface area contributed by atoms with Crippen LogP contribution >= 0.6 is 11.3 Å². The molecule has 0 radical (unpaired) electrons. The maximum atomic E-state index is 11.8. The Labute approximate surface area is 116 Å². The zero-order chi connectivity index (χ0) is 13.9. The third-order valence-electron chi connectivity index (χ3n) is 2.70. The number of esters is 1. The molecule has 0 aliphatic rings. The van der Waals surface area contributed by atoms with Gasteiger partial charge in [-0.05, 0) is 25.3 Å². The van der Waals surface area contributed by atoms with E-state index in [1.807, 2.05) is 28.3 Å². The number of nitrogens with two attached hydrogens (primary N) is 1. The number of aromatic nitrogens is 2. The van der Waals surface area contributed by atoms with Gasteiger partial charge in [-0.2, -0.15) is 0 Å². The van der Waals surface area contributed by atoms with E-state index in [4.69, 9.17) is 10.5 Å². The fourth-order valence-electron chi connectivity index (χ4n) is 1.78. The molecule has 0 spiro atoms. The second-order valence-corrected chi connectivity index (χ2v) is 5.44. The maximum absolute atomic E-state index is 11.8. The van der Waals surface area contributed by atoms with Gasteiger partial charge >= 0.3 is 5.97 Å². The van der Waals surface area contributed by atoms with E-state index in [0.29, 0.717) is 13.2 Å². The topological polar surface area (TPSA) is 70.1 Å². The van der Waals surface area contributed by atoms with Gasteiger partial charge in [0.1, 0.15) is 11.4 Å². The normalized spacial score (nSPS) is 14.1. The highest BCUT2D eigenvalue weighted by molar-refractivity contribution is 7.13. The minimum Gasteiger partial charge on any atom is -0.465 e. The average Bonchev–Trinajstić information content (AvgIpc) is 2.98. The predicted octanol–water partition coefficient (Wildman–Crippen LogP) is 1.89. The summed E-state index contributed by atoms with van der Waals surface area (Å²) in [7, 11) is 0. The summed E-state index contributed by atoms with van der Waals surface area (Å²) in [5, 5.41) is 1.99. The van der Waals surface area contributed by atoms with Crippen LogP contribution in [0.15, 0.2) is 29.9 Å². The molecule has 2 aromatic rings. The van der Waals surface area contributed by atoms with Gasteiger partial charge in [0.25, 0.3) is 0 Å². The fourth-order valence-corrected chi connectivity index (χ4v) is 2.52. The van der Waals surface area contributed by atoms with Gasteiger partial charge < -0.3 is 15.0 Å². The number of thiophene rings is 1. The molecule has 1 atom stereocenters. The number of hydrogen-bond acceptors (Lipinski definition) is 5. The number of carbonyl (C=O) groups is 1. The number of rotatable bonds is 5. The summed E-state index contributed by atoms with van der Waals surface area (Å²) in [5.41, 5.74) is 4.97. The van der Waals surface area contributed by atoms with Crippen LogP contribution in [-0.4, -0.2) is 27.7 Å². The van der Waals surface area contributed by atoms with E-state index in [9.17, 15) is 4.79 Å². The molecule has 102 valence electrons. The molecule has 0 saturated carbocycles. The Bertz CT molecular complexity index is 546. The van der Waals surface area contributed by atoms with Crippen LogP contribution in [0, 0.1) is 0 Å². The predicted molar refractivity (Wildman–Crippen MR) is 74.8 cm³/mol. The molecule has 2 aromatic heterocycles. The lowest BCUT2D eigenvalue weighted by Crippen LogP contribution is -2.49. The highest BCUT2D eigenvalue weighted by Gasteiger charge is 2.31. The van der Waals surface area contributed by atoms with Crippen molar-refractivity contribution >= 4 is 17.3 Å². The summed E-state index contributed by atoms with van der Waals surface area (Å²) >= 11 is 1.60. The van der Waals surface area contributed by atoms with Crippen LogP contribution < -0.4 is 5.73 Å². The largest absolute Gasteiger partial charge is 0.465 e. The Hall–Kier alpha value is -1.66. The van der Waals surface area contributed by atoms with Gasteiger partial charge in [0.15, 0.2) is 0 Å². The molecule has 0 fully saturated rings. The summed E-state index contributed by atoms with van der Waals surface area (Å²) in [4.78, 5) is 17.2. The molecule has 2 heterocycles. The van der Waals surface area contributed by atoms with Crippen molar-refractivity contribution in [2.45, 2.75) is 25.9 Å². The molecule has 1 unspecified atom stereocenters. The van der Waals surface area contributed by atoms with E-state index in [0.717, 1.165) is 10.7 Å². The van der Waals surface area contributed by atoms with Gasteiger partial charge in [0.05, 0.1) is 18.0 Å². The molecule has 0 bridgehead atoms. The molecule has 0 aliphatic carbocycles. The number of nitrogens with zero attached hydrogens (tertiary/aromatic N) is 2. The number of imidazole rings is 1. The molecule has 0 aliphatic heterocycles. The van der Waals surface area contributed by atoms with Crippen LogP contribution in [0.3, 0.4) is 0 Å². The van der Waals surface area contributed by atoms with Gasteiger partial charge in [0, 0.05) is 12.4 Å². The highest BCUT2D eigenvalue weighted by Crippen LogP contribution is 2.24. The lowest BCUT2D eigenvalue weighted by molar-refractivity contribution is -0.149. The SMILES string of the molecule is CCOC(=O)C(C)(N)Cn1ccnc1-c1cccs1. The van der Waals surface area contributed by atoms with Gasteiger partial charge in [-0.25, -0.2) is 9.78 Å². The first-order valence-electron chi connectivity index (χ1n) is 6.05. The van der Waals surface area contributed by atoms with Crippen LogP contribution in [0.5, 0.6) is 0 Å². The molecule has 0 aromatic carbocycles. The van der Waals surface area contributed by atoms with Crippen molar-refractivity contribution < 1.29 is 9.53 Å². The summed E-state index contributed by atoms with van der Waals surface area (Å²) in [6.45, 7) is 4.10. The quantitative estimate of drug-likeness (QED) is 0.849. The molecule has 19 heavy (non-hydrogen) atoms. The van der Waals surface area contributed by atoms with Crippen molar-refractivity contribution in [1.82, 2.24) is 9.55 Å². The van der Waals surface area contributed by atoms with Crippen LogP contribution in [0.4, 0.5) is 0 Å². The van der Waals surface area contributed by atoms with Crippen molar-refractivity contribution in [3.63, 3.8) is 0 Å². The standard InChI is InChI=1S/C13H17N3O2S/c1-3-18-12(17)13(2,14)9-16-7-6-15-11(16)10-5-4-8-19-10/h4-8H,3,9,14H2,1-2H3. The van der Waals surface area contributed by atoms with Crippen molar-refractivity contribution in [2.75, 3.05) is 6.61 Å². The first kappa shape index (κ1) is 13.8. The van der Waals surface area contributed by atoms with E-state index in [2.05, 4.69) is 4.98 Å². The Morgan fingerprint density at radius 1 is 1.63 bits per heavy atom. The Kier molecular flexibility index (Phi) is 4.01. The van der Waals surface area contributed by atoms with E-state index in [1.54, 1.807) is 31.4 Å². The maximum Gasteiger partial charge on any atom is 0.327 e. The smallest absolute Gasteiger partial charge is 0.327 e. The first-order chi connectivity index (χ1) is 9.04. The monoisotopic (exact) mass is 279 g/mol. The van der Waals surface area contributed by atoms with Crippen molar-refractivity contribution in [2.24, 2.45) is 5.73 Å². The van der Waals surface area contributed by atoms with Crippen LogP contribution in [0.1, 0.15) is 13.8 Å². The van der Waals surface area contributed by atoms with Gasteiger partial charge in [-0.3, -0.25) is 0 Å². The van der Waals surface area contributed by atoms with Crippen molar-refractivity contribution in [3.05, 3.63) is 29.9 Å². The van der Waals surface area contributed by atoms with Gasteiger partial charge in [-0.1, -0.05) is 6.07 Å². The Morgan fingerprint density at radius 2 is 2.42 bits per heavy atom. The van der Waals surface area contributed by atoms with Gasteiger partial charge in [0.2, 0.25) is 0 Å². The minimum absolute atomic E-state index is 0.327. The third-order valence-corrected chi connectivity index (χ3v) is 3.56. The second kappa shape index (κ2) is 5.54. The minimum atomic E-state index is -1.07. The molecule has 5 nitrogen and oxygen atoms in total. The second-order valence-electron chi connectivity index (χ2n) is 4.49. The molecule has 6 heteroatoms. The lowest BCUT2D eigenvalue weighted by Gasteiger charge is -2.23. The van der Waals surface area contributed by atoms with E-state index < -0.39 is 11.5 Å². The highest BCUT2D eigenvalue weighted by atomic mass is 32.1. The number of hydrogen-bond donors (Lipinski definition) is 1. The first-order valence-corrected chi connectivity index (χ1v) is 6.93. The fraction of sp³-hybridized carbons (Fsp3) is 0.385. The van der Waals surface area contributed by atoms with E-state index in [-0.39, 0.29) is 0 Å². The molecule has 0 saturated heterocycles. The summed E-state index contributed by atoms with van der Waals surface area (Å²) in [6.07, 6.45) is 3.52. The molecular weight excluding hydrogens is 262 g/mol. The lowest BCUT2D eigenvalue weighted by atomic mass is 10.0. The summed E-state index contributed by atoms with van der Waals surface area (Å²) < 4.78 is 6.87. The summed E-state index contributed by atoms with van der Waals surface area (Å²) in [5.74, 6) is 0.414. The average molecular weight is 279 g/mol. The molecule has 0 amide bonds. The zero-order valence-electron chi connectivity index (χ0n) is 11.0. The van der Waals surface area contributed by atoms with E-state index >= 15 is 0 Å². The van der Waals surface area contributed by atoms with Crippen LogP contribution in [0.2, 0.25) is 0 Å². The van der Waals surface area contributed by atoms with Crippen LogP contribution in [-0.2, 0) is 16.1 Å². The third kappa shape index (κ3) is 3.02. The number of ether oxygens (including phenoxy) is 1. The Morgan fingerprint density at radius 3 is 3.05 bits per heavy atom. The number of carbonyl (C=O) groups excluding carboxylic acids is 1. The van der Waals surface area contributed by atoms with Crippen LogP contribution in [0.25, 0.3) is 10.7 Å². The van der Waals surface area contributed by atoms with Gasteiger partial charge in [-0.15, -0.1) is 11.3 Å². The van der Waals surface area contributed by atoms with Crippen molar-refractivity contribution in [3.8, 4) is 10.7 Å². The van der Waals surface area contributed by atoms with Crippen molar-refractivity contribution in [1.29, 1.82) is 0 Å². The van der Waals surface area contributed by atoms with E-state index in [1.165, 1.54) is 0 Å². The molecule has 2 rings (SSSR count). The molecular formula is C13H17N3O2S. The zero-order valence-corrected chi connectivity index (χ0v) is 11.8. The summed E-state index contributed by atoms with van der Waals surface area (Å²) in [6, 6.07) is 3.95.